The van der Waals surface area contributed by atoms with Crippen LogP contribution < -0.4 is 0 Å². The number of aryl methyl sites for hydroxylation is 2. The summed E-state index contributed by atoms with van der Waals surface area (Å²) in [6.45, 7) is 6.25. The van der Waals surface area contributed by atoms with E-state index in [1.54, 1.807) is 0 Å². The van der Waals surface area contributed by atoms with Gasteiger partial charge in [0.15, 0.2) is 5.16 Å². The lowest BCUT2D eigenvalue weighted by atomic mass is 10.0. The van der Waals surface area contributed by atoms with Crippen molar-refractivity contribution < 1.29 is 9.53 Å². The number of esters is 1. The van der Waals surface area contributed by atoms with Gasteiger partial charge in [-0.3, -0.25) is 0 Å². The Balaban J connectivity index is 2.86. The number of nitrogens with zero attached hydrogens (tertiary/aromatic N) is 2. The molecule has 0 bridgehead atoms. The van der Waals surface area contributed by atoms with E-state index in [0.29, 0.717) is 12.2 Å². The predicted octanol–water partition coefficient (Wildman–Crippen LogP) is 4.20. The average molecular weight is 310 g/mol. The van der Waals surface area contributed by atoms with Crippen LogP contribution in [0.4, 0.5) is 0 Å². The summed E-state index contributed by atoms with van der Waals surface area (Å²) in [5.74, 6) is -0.300. The number of rotatable bonds is 9. The lowest BCUT2D eigenvalue weighted by Gasteiger charge is -2.11. The first-order valence-electron chi connectivity index (χ1n) is 7.72. The maximum absolute atomic E-state index is 12.1. The fraction of sp³-hybridized carbons (Fsp3) is 0.688. The highest BCUT2D eigenvalue weighted by Crippen LogP contribution is 2.19. The molecule has 0 spiro atoms. The van der Waals surface area contributed by atoms with Crippen LogP contribution in [0.5, 0.6) is 0 Å². The van der Waals surface area contributed by atoms with Gasteiger partial charge in [-0.05, 0) is 32.9 Å². The van der Waals surface area contributed by atoms with Gasteiger partial charge in [-0.25, -0.2) is 14.8 Å². The number of aromatic nitrogens is 2. The van der Waals surface area contributed by atoms with Gasteiger partial charge in [0, 0.05) is 0 Å². The van der Waals surface area contributed by atoms with Crippen molar-refractivity contribution in [3.05, 3.63) is 17.0 Å². The van der Waals surface area contributed by atoms with Crippen molar-refractivity contribution in [2.45, 2.75) is 64.5 Å². The van der Waals surface area contributed by atoms with Gasteiger partial charge in [-0.15, -0.1) is 0 Å². The third-order valence-corrected chi connectivity index (χ3v) is 3.87. The summed E-state index contributed by atoms with van der Waals surface area (Å²) in [6.07, 6.45) is 8.73. The van der Waals surface area contributed by atoms with E-state index in [0.717, 1.165) is 29.4 Å². The monoisotopic (exact) mass is 310 g/mol. The number of ether oxygens (including phenoxy) is 1. The summed E-state index contributed by atoms with van der Waals surface area (Å²) in [5.41, 5.74) is 2.11. The fourth-order valence-corrected chi connectivity index (χ4v) is 2.67. The topological polar surface area (TPSA) is 52.1 Å². The molecule has 118 valence electrons. The molecule has 21 heavy (non-hydrogen) atoms. The van der Waals surface area contributed by atoms with Gasteiger partial charge in [0.05, 0.1) is 18.0 Å². The smallest absolute Gasteiger partial charge is 0.341 e. The quantitative estimate of drug-likeness (QED) is 0.296. The Morgan fingerprint density at radius 2 is 1.86 bits per heavy atom. The van der Waals surface area contributed by atoms with E-state index in [9.17, 15) is 4.79 Å². The number of carbonyl (C=O) groups excluding carboxylic acids is 1. The molecular formula is C16H26N2O2S. The lowest BCUT2D eigenvalue weighted by Crippen LogP contribution is -2.14. The molecule has 1 aromatic rings. The van der Waals surface area contributed by atoms with Crippen molar-refractivity contribution >= 4 is 17.7 Å². The zero-order chi connectivity index (χ0) is 15.7. The van der Waals surface area contributed by atoms with Crippen LogP contribution in [0.15, 0.2) is 5.16 Å². The van der Waals surface area contributed by atoms with Crippen LogP contribution in [0.25, 0.3) is 0 Å². The molecule has 0 aliphatic carbocycles. The van der Waals surface area contributed by atoms with Gasteiger partial charge >= 0.3 is 5.97 Å². The van der Waals surface area contributed by atoms with E-state index in [2.05, 4.69) is 16.9 Å². The summed E-state index contributed by atoms with van der Waals surface area (Å²) in [4.78, 5) is 21.0. The Hall–Kier alpha value is -1.10. The van der Waals surface area contributed by atoms with Crippen molar-refractivity contribution in [2.24, 2.45) is 0 Å². The largest absolute Gasteiger partial charge is 0.462 e. The normalized spacial score (nSPS) is 10.7. The number of unbranched alkanes of at least 4 members (excludes halogenated alkanes) is 4. The van der Waals surface area contributed by atoms with Crippen LogP contribution in [-0.4, -0.2) is 28.8 Å². The van der Waals surface area contributed by atoms with Crippen LogP contribution in [0.1, 0.15) is 67.7 Å². The molecule has 0 saturated carbocycles. The molecule has 0 saturated heterocycles. The van der Waals surface area contributed by atoms with E-state index in [1.165, 1.54) is 37.4 Å². The number of hydrogen-bond donors (Lipinski definition) is 0. The van der Waals surface area contributed by atoms with Crippen molar-refractivity contribution in [3.8, 4) is 0 Å². The van der Waals surface area contributed by atoms with Crippen molar-refractivity contribution in [2.75, 3.05) is 12.9 Å². The second-order valence-electron chi connectivity index (χ2n) is 5.00. The highest BCUT2D eigenvalue weighted by Gasteiger charge is 2.19. The molecule has 1 rings (SSSR count). The van der Waals surface area contributed by atoms with E-state index in [4.69, 9.17) is 4.74 Å². The molecule has 0 N–H and O–H groups in total. The van der Waals surface area contributed by atoms with Crippen LogP contribution in [0, 0.1) is 6.92 Å². The SMILES string of the molecule is CCCCCCCc1nc(SC)nc(C)c1C(=O)OCC. The lowest BCUT2D eigenvalue weighted by molar-refractivity contribution is 0.0522. The molecule has 0 atom stereocenters. The maximum atomic E-state index is 12.1. The molecule has 5 heteroatoms. The van der Waals surface area contributed by atoms with Crippen LogP contribution in [0.2, 0.25) is 0 Å². The second kappa shape index (κ2) is 9.77. The van der Waals surface area contributed by atoms with Gasteiger partial charge in [-0.2, -0.15) is 0 Å². The first kappa shape index (κ1) is 18.0. The van der Waals surface area contributed by atoms with E-state index < -0.39 is 0 Å². The van der Waals surface area contributed by atoms with Gasteiger partial charge < -0.3 is 4.74 Å². The molecular weight excluding hydrogens is 284 g/mol. The van der Waals surface area contributed by atoms with E-state index >= 15 is 0 Å². The molecule has 0 aromatic carbocycles. The van der Waals surface area contributed by atoms with Gasteiger partial charge in [0.1, 0.15) is 5.56 Å². The fourth-order valence-electron chi connectivity index (χ4n) is 2.24. The first-order valence-corrected chi connectivity index (χ1v) is 8.95. The molecule has 1 heterocycles. The molecule has 0 radical (unpaired) electrons. The minimum Gasteiger partial charge on any atom is -0.462 e. The number of hydrogen-bond acceptors (Lipinski definition) is 5. The Morgan fingerprint density at radius 3 is 2.48 bits per heavy atom. The highest BCUT2D eigenvalue weighted by molar-refractivity contribution is 7.98. The second-order valence-corrected chi connectivity index (χ2v) is 5.78. The molecule has 4 nitrogen and oxygen atoms in total. The first-order chi connectivity index (χ1) is 10.1. The van der Waals surface area contributed by atoms with Crippen LogP contribution >= 0.6 is 11.8 Å². The Kier molecular flexibility index (Phi) is 8.35. The molecule has 0 aliphatic rings. The highest BCUT2D eigenvalue weighted by atomic mass is 32.2. The molecule has 0 aliphatic heterocycles. The van der Waals surface area contributed by atoms with Crippen molar-refractivity contribution in [1.29, 1.82) is 0 Å². The van der Waals surface area contributed by atoms with Gasteiger partial charge in [0.2, 0.25) is 0 Å². The number of thioether (sulfide) groups is 1. The van der Waals surface area contributed by atoms with Gasteiger partial charge in [0.25, 0.3) is 0 Å². The summed E-state index contributed by atoms with van der Waals surface area (Å²) in [5, 5.41) is 0.726. The Bertz CT molecular complexity index is 464. The molecule has 0 fully saturated rings. The standard InChI is InChI=1S/C16H26N2O2S/c1-5-7-8-9-10-11-13-14(15(19)20-6-2)12(3)17-16(18-13)21-4/h5-11H2,1-4H3. The Labute approximate surface area is 132 Å². The third kappa shape index (κ3) is 5.65. The third-order valence-electron chi connectivity index (χ3n) is 3.32. The summed E-state index contributed by atoms with van der Waals surface area (Å²) in [6, 6.07) is 0. The average Bonchev–Trinajstić information content (AvgIpc) is 2.46. The molecule has 1 aromatic heterocycles. The van der Waals surface area contributed by atoms with Crippen LogP contribution in [0.3, 0.4) is 0 Å². The zero-order valence-corrected chi connectivity index (χ0v) is 14.4. The number of carbonyl (C=O) groups is 1. The summed E-state index contributed by atoms with van der Waals surface area (Å²) in [7, 11) is 0. The van der Waals surface area contributed by atoms with E-state index in [1.807, 2.05) is 20.1 Å². The minimum atomic E-state index is -0.300. The van der Waals surface area contributed by atoms with E-state index in [-0.39, 0.29) is 5.97 Å². The van der Waals surface area contributed by atoms with Crippen LogP contribution in [-0.2, 0) is 11.2 Å². The minimum absolute atomic E-state index is 0.300. The molecule has 0 amide bonds. The Morgan fingerprint density at radius 1 is 1.14 bits per heavy atom. The summed E-state index contributed by atoms with van der Waals surface area (Å²) >= 11 is 1.50. The van der Waals surface area contributed by atoms with Crippen molar-refractivity contribution in [1.82, 2.24) is 9.97 Å². The molecule has 0 unspecified atom stereocenters. The van der Waals surface area contributed by atoms with Crippen molar-refractivity contribution in [3.63, 3.8) is 0 Å². The summed E-state index contributed by atoms with van der Waals surface area (Å²) < 4.78 is 5.14. The zero-order valence-electron chi connectivity index (χ0n) is 13.6. The van der Waals surface area contributed by atoms with Gasteiger partial charge in [-0.1, -0.05) is 44.4 Å². The maximum Gasteiger partial charge on any atom is 0.341 e. The predicted molar refractivity (Wildman–Crippen MR) is 87.0 cm³/mol.